The summed E-state index contributed by atoms with van der Waals surface area (Å²) in [5.41, 5.74) is 0.0134. The van der Waals surface area contributed by atoms with E-state index in [1.807, 2.05) is 54.6 Å². The molecule has 0 aliphatic rings. The van der Waals surface area contributed by atoms with Gasteiger partial charge in [-0.25, -0.2) is 0 Å². The molecule has 0 unspecified atom stereocenters. The second-order valence-corrected chi connectivity index (χ2v) is 7.98. The maximum Gasteiger partial charge on any atom is 0.194 e. The monoisotopic (exact) mass is 382 g/mol. The lowest BCUT2D eigenvalue weighted by molar-refractivity contribution is 1.79. The number of hydrogen-bond donors (Lipinski definition) is 0. The maximum absolute atomic E-state index is 13.6. The van der Waals surface area contributed by atoms with Crippen LogP contribution in [0, 0.1) is 0 Å². The summed E-state index contributed by atoms with van der Waals surface area (Å²) in [4.78, 5) is 26.5. The minimum absolute atomic E-state index is 0.00279. The predicted octanol–water partition coefficient (Wildman–Crippen LogP) is 6.20. The van der Waals surface area contributed by atoms with E-state index in [1.54, 1.807) is 0 Å². The Morgan fingerprint density at radius 2 is 0.900 bits per heavy atom. The minimum Gasteiger partial charge on any atom is -0.289 e. The molecular weight excluding hydrogens is 368 g/mol. The van der Waals surface area contributed by atoms with Gasteiger partial charge in [-0.1, -0.05) is 72.8 Å². The van der Waals surface area contributed by atoms with Crippen LogP contribution >= 0.6 is 0 Å². The molecule has 0 aliphatic carbocycles. The fraction of sp³-hybridized carbons (Fsp3) is 0. The Morgan fingerprint density at radius 3 is 1.73 bits per heavy atom. The highest BCUT2D eigenvalue weighted by Gasteiger charge is 2.20. The Labute approximate surface area is 170 Å². The van der Waals surface area contributed by atoms with Gasteiger partial charge >= 0.3 is 0 Å². The molecule has 0 aromatic heterocycles. The predicted molar refractivity (Wildman–Crippen MR) is 126 cm³/mol. The van der Waals surface area contributed by atoms with Crippen molar-refractivity contribution in [1.82, 2.24) is 0 Å². The van der Waals surface area contributed by atoms with Gasteiger partial charge in [0.15, 0.2) is 10.9 Å². The van der Waals surface area contributed by atoms with Crippen molar-refractivity contribution in [1.29, 1.82) is 0 Å². The molecular formula is C28H14O2. The zero-order valence-electron chi connectivity index (χ0n) is 15.9. The third kappa shape index (κ3) is 1.75. The van der Waals surface area contributed by atoms with Crippen molar-refractivity contribution >= 4 is 64.6 Å². The number of benzene rings is 5. The van der Waals surface area contributed by atoms with Crippen LogP contribution in [-0.2, 0) is 0 Å². The first-order chi connectivity index (χ1) is 14.7. The van der Waals surface area contributed by atoms with E-state index < -0.39 is 0 Å². The van der Waals surface area contributed by atoms with Crippen LogP contribution in [0.4, 0.5) is 0 Å². The maximum atomic E-state index is 13.6. The lowest BCUT2D eigenvalue weighted by atomic mass is 9.98. The van der Waals surface area contributed by atoms with Crippen LogP contribution < -0.4 is 10.9 Å². The van der Waals surface area contributed by atoms with E-state index in [0.717, 1.165) is 37.7 Å². The van der Waals surface area contributed by atoms with E-state index in [0.29, 0.717) is 16.2 Å². The van der Waals surface area contributed by atoms with Crippen LogP contribution in [0.2, 0.25) is 0 Å². The standard InChI is InChI=1S/C28H14O2/c29-27-20-8-4-3-7-18(20)25-23(27)14-12-21-24-19-10-9-15-5-1-2-6-16(15)17(19)11-13-22(24)28(30)26(21)25/h1-14H. The van der Waals surface area contributed by atoms with Gasteiger partial charge in [0.25, 0.3) is 0 Å². The Morgan fingerprint density at radius 1 is 0.333 bits per heavy atom. The van der Waals surface area contributed by atoms with Crippen molar-refractivity contribution in [3.63, 3.8) is 0 Å². The minimum atomic E-state index is 0.00279. The molecule has 2 heteroatoms. The molecule has 30 heavy (non-hydrogen) atoms. The topological polar surface area (TPSA) is 34.1 Å². The van der Waals surface area contributed by atoms with Gasteiger partial charge in [0.1, 0.15) is 0 Å². The second kappa shape index (κ2) is 5.31. The lowest BCUT2D eigenvalue weighted by Gasteiger charge is -2.05. The normalized spacial score (nSPS) is 12.3. The average Bonchev–Trinajstić information content (AvgIpc) is 3.26. The summed E-state index contributed by atoms with van der Waals surface area (Å²) in [5, 5.41) is 10.9. The SMILES string of the molecule is O=c1c2ccccc2c2c1ccc1c2c(=O)c2ccc3c4ccccc4ccc3c21. The molecule has 138 valence electrons. The molecule has 7 aromatic rings. The third-order valence-corrected chi connectivity index (χ3v) is 6.56. The summed E-state index contributed by atoms with van der Waals surface area (Å²) in [6, 6.07) is 28.0. The average molecular weight is 382 g/mol. The summed E-state index contributed by atoms with van der Waals surface area (Å²) in [5.74, 6) is 0. The fourth-order valence-electron chi connectivity index (χ4n) is 5.26. The van der Waals surface area contributed by atoms with Gasteiger partial charge in [-0.15, -0.1) is 0 Å². The fourth-order valence-corrected chi connectivity index (χ4v) is 5.26. The summed E-state index contributed by atoms with van der Waals surface area (Å²) in [6.07, 6.45) is 0. The van der Waals surface area contributed by atoms with Crippen molar-refractivity contribution < 1.29 is 0 Å². The zero-order chi connectivity index (χ0) is 20.0. The van der Waals surface area contributed by atoms with E-state index in [9.17, 15) is 9.59 Å². The second-order valence-electron chi connectivity index (χ2n) is 7.98. The van der Waals surface area contributed by atoms with E-state index in [-0.39, 0.29) is 10.9 Å². The summed E-state index contributed by atoms with van der Waals surface area (Å²) < 4.78 is 0. The molecule has 0 bridgehead atoms. The molecule has 7 aromatic carbocycles. The Kier molecular flexibility index (Phi) is 2.80. The largest absolute Gasteiger partial charge is 0.289 e. The van der Waals surface area contributed by atoms with Crippen LogP contribution in [0.25, 0.3) is 64.6 Å². The van der Waals surface area contributed by atoms with Crippen molar-refractivity contribution in [2.24, 2.45) is 0 Å². The van der Waals surface area contributed by atoms with Crippen LogP contribution in [0.1, 0.15) is 0 Å². The molecule has 0 spiro atoms. The third-order valence-electron chi connectivity index (χ3n) is 6.56. The lowest BCUT2D eigenvalue weighted by Crippen LogP contribution is -1.96. The van der Waals surface area contributed by atoms with Gasteiger partial charge in [-0.2, -0.15) is 0 Å². The molecule has 0 fully saturated rings. The van der Waals surface area contributed by atoms with Crippen molar-refractivity contribution in [2.75, 3.05) is 0 Å². The molecule has 0 saturated carbocycles. The quantitative estimate of drug-likeness (QED) is 0.293. The summed E-state index contributed by atoms with van der Waals surface area (Å²) in [7, 11) is 0. The zero-order valence-corrected chi connectivity index (χ0v) is 15.9. The molecule has 0 saturated heterocycles. The molecule has 2 nitrogen and oxygen atoms in total. The van der Waals surface area contributed by atoms with Gasteiger partial charge in [0.05, 0.1) is 0 Å². The first-order valence-electron chi connectivity index (χ1n) is 10.0. The van der Waals surface area contributed by atoms with Crippen molar-refractivity contribution in [3.8, 4) is 0 Å². The van der Waals surface area contributed by atoms with Gasteiger partial charge in [-0.3, -0.25) is 9.59 Å². The van der Waals surface area contributed by atoms with E-state index in [1.165, 1.54) is 10.8 Å². The van der Waals surface area contributed by atoms with E-state index >= 15 is 0 Å². The number of fused-ring (bicyclic) bond motifs is 11. The molecule has 0 atom stereocenters. The highest BCUT2D eigenvalue weighted by molar-refractivity contribution is 6.33. The molecule has 0 amide bonds. The van der Waals surface area contributed by atoms with Gasteiger partial charge in [0.2, 0.25) is 0 Å². The van der Waals surface area contributed by atoms with Crippen LogP contribution in [-0.4, -0.2) is 0 Å². The summed E-state index contributed by atoms with van der Waals surface area (Å²) >= 11 is 0. The Hall–Kier alpha value is -4.04. The molecule has 7 rings (SSSR count). The van der Waals surface area contributed by atoms with Crippen LogP contribution in [0.3, 0.4) is 0 Å². The van der Waals surface area contributed by atoms with Crippen molar-refractivity contribution in [3.05, 3.63) is 105 Å². The first kappa shape index (κ1) is 15.8. The number of rotatable bonds is 0. The van der Waals surface area contributed by atoms with Crippen LogP contribution in [0.5, 0.6) is 0 Å². The Bertz CT molecular complexity index is 1930. The smallest absolute Gasteiger partial charge is 0.194 e. The summed E-state index contributed by atoms with van der Waals surface area (Å²) in [6.45, 7) is 0. The van der Waals surface area contributed by atoms with Crippen LogP contribution in [0.15, 0.2) is 94.5 Å². The van der Waals surface area contributed by atoms with Crippen molar-refractivity contribution in [2.45, 2.75) is 0 Å². The molecule has 0 radical (unpaired) electrons. The molecule has 0 heterocycles. The van der Waals surface area contributed by atoms with E-state index in [2.05, 4.69) is 30.3 Å². The van der Waals surface area contributed by atoms with Gasteiger partial charge in [-0.05, 0) is 44.5 Å². The van der Waals surface area contributed by atoms with Gasteiger partial charge in [0, 0.05) is 32.3 Å². The highest BCUT2D eigenvalue weighted by Crippen LogP contribution is 2.38. The van der Waals surface area contributed by atoms with E-state index in [4.69, 9.17) is 0 Å². The molecule has 0 aliphatic heterocycles. The number of hydrogen-bond acceptors (Lipinski definition) is 2. The Balaban J connectivity index is 1.81. The van der Waals surface area contributed by atoms with Gasteiger partial charge < -0.3 is 0 Å². The first-order valence-corrected chi connectivity index (χ1v) is 10.0. The molecule has 0 N–H and O–H groups in total. The highest BCUT2D eigenvalue weighted by atomic mass is 16.1.